The summed E-state index contributed by atoms with van der Waals surface area (Å²) in [5, 5.41) is 10.1. The summed E-state index contributed by atoms with van der Waals surface area (Å²) in [5.41, 5.74) is 0.336. The van der Waals surface area contributed by atoms with E-state index in [0.29, 0.717) is 117 Å². The van der Waals surface area contributed by atoms with Gasteiger partial charge in [0.15, 0.2) is 11.5 Å². The van der Waals surface area contributed by atoms with Gasteiger partial charge in [0.25, 0.3) is 0 Å². The van der Waals surface area contributed by atoms with Crippen molar-refractivity contribution in [2.75, 3.05) is 119 Å². The van der Waals surface area contributed by atoms with Crippen molar-refractivity contribution in [3.05, 3.63) is 23.3 Å². The number of phenolic OH excluding ortho intramolecular Hbond substituents is 1. The Balaban J connectivity index is 1.78. The molecule has 1 rings (SSSR count). The maximum atomic E-state index is 11.7. The normalized spacial score (nSPS) is 11.5. The van der Waals surface area contributed by atoms with Crippen molar-refractivity contribution in [3.8, 4) is 11.5 Å². The molecule has 14 nitrogen and oxygen atoms in total. The number of rotatable bonds is 29. The summed E-state index contributed by atoms with van der Waals surface area (Å²) >= 11 is 0. The number of esters is 2. The third kappa shape index (κ3) is 22.9. The lowest BCUT2D eigenvalue weighted by Crippen LogP contribution is -2.24. The summed E-state index contributed by atoms with van der Waals surface area (Å²) in [6.45, 7) is 14.2. The molecular formula is C32H54O14. The number of hydrogen-bond donors (Lipinski definition) is 1. The summed E-state index contributed by atoms with van der Waals surface area (Å²) in [4.78, 5) is 23.3. The molecule has 0 heterocycles. The molecule has 0 radical (unpaired) electrons. The van der Waals surface area contributed by atoms with E-state index in [1.807, 2.05) is 20.8 Å². The van der Waals surface area contributed by atoms with Crippen LogP contribution in [0.3, 0.4) is 0 Å². The van der Waals surface area contributed by atoms with E-state index in [-0.39, 0.29) is 30.5 Å². The number of aromatic hydroxyl groups is 1. The largest absolute Gasteiger partial charge is 0.504 e. The molecule has 0 atom stereocenters. The Bertz CT molecular complexity index is 934. The monoisotopic (exact) mass is 662 g/mol. The summed E-state index contributed by atoms with van der Waals surface area (Å²) in [7, 11) is 1.29. The molecule has 0 bridgehead atoms. The molecule has 0 saturated heterocycles. The van der Waals surface area contributed by atoms with Crippen LogP contribution in [-0.2, 0) is 52.2 Å². The van der Waals surface area contributed by atoms with Crippen LogP contribution in [0.2, 0.25) is 0 Å². The van der Waals surface area contributed by atoms with Crippen LogP contribution in [0, 0.1) is 6.92 Å². The van der Waals surface area contributed by atoms with Crippen molar-refractivity contribution in [1.82, 2.24) is 0 Å². The lowest BCUT2D eigenvalue weighted by molar-refractivity contribution is -0.156. The molecule has 1 N–H and O–H groups in total. The SMILES string of the molecule is COC(=O)c1cc(C)c(O)c(OCCOCCOCCOCCOCCOCCOCCOCCOCCC(=O)OC(C)(C)C)c1. The number of ether oxygens (including phenoxy) is 11. The zero-order valence-corrected chi connectivity index (χ0v) is 28.1. The molecule has 0 aliphatic rings. The first-order chi connectivity index (χ1) is 22.1. The lowest BCUT2D eigenvalue weighted by atomic mass is 10.1. The first kappa shape index (κ1) is 41.5. The highest BCUT2D eigenvalue weighted by atomic mass is 16.6. The van der Waals surface area contributed by atoms with Gasteiger partial charge in [0.05, 0.1) is 125 Å². The first-order valence-corrected chi connectivity index (χ1v) is 15.5. The summed E-state index contributed by atoms with van der Waals surface area (Å²) in [6.07, 6.45) is 0.223. The zero-order chi connectivity index (χ0) is 33.9. The highest BCUT2D eigenvalue weighted by Crippen LogP contribution is 2.31. The van der Waals surface area contributed by atoms with Gasteiger partial charge < -0.3 is 57.2 Å². The van der Waals surface area contributed by atoms with E-state index in [0.717, 1.165) is 0 Å². The van der Waals surface area contributed by atoms with E-state index in [2.05, 4.69) is 0 Å². The van der Waals surface area contributed by atoms with Gasteiger partial charge in [-0.3, -0.25) is 4.79 Å². The summed E-state index contributed by atoms with van der Waals surface area (Å²) < 4.78 is 58.9. The molecule has 0 amide bonds. The summed E-state index contributed by atoms with van der Waals surface area (Å²) in [6, 6.07) is 2.97. The predicted molar refractivity (Wildman–Crippen MR) is 167 cm³/mol. The number of benzene rings is 1. The summed E-state index contributed by atoms with van der Waals surface area (Å²) in [5.74, 6) is -0.600. The van der Waals surface area contributed by atoms with Crippen molar-refractivity contribution in [3.63, 3.8) is 0 Å². The van der Waals surface area contributed by atoms with Crippen LogP contribution in [0.1, 0.15) is 43.1 Å². The van der Waals surface area contributed by atoms with Gasteiger partial charge >= 0.3 is 11.9 Å². The van der Waals surface area contributed by atoms with Crippen molar-refractivity contribution in [2.45, 2.75) is 39.7 Å². The van der Waals surface area contributed by atoms with E-state index < -0.39 is 11.6 Å². The van der Waals surface area contributed by atoms with Crippen LogP contribution in [0.5, 0.6) is 11.5 Å². The van der Waals surface area contributed by atoms with Gasteiger partial charge in [0.2, 0.25) is 0 Å². The van der Waals surface area contributed by atoms with E-state index >= 15 is 0 Å². The molecule has 0 unspecified atom stereocenters. The quantitative estimate of drug-likeness (QED) is 0.0987. The van der Waals surface area contributed by atoms with E-state index in [4.69, 9.17) is 52.1 Å². The zero-order valence-electron chi connectivity index (χ0n) is 28.1. The highest BCUT2D eigenvalue weighted by molar-refractivity contribution is 5.90. The van der Waals surface area contributed by atoms with Crippen LogP contribution < -0.4 is 4.74 Å². The second-order valence-electron chi connectivity index (χ2n) is 10.7. The third-order valence-electron chi connectivity index (χ3n) is 5.65. The fourth-order valence-electron chi connectivity index (χ4n) is 3.49. The Morgan fingerprint density at radius 2 is 0.978 bits per heavy atom. The highest BCUT2D eigenvalue weighted by Gasteiger charge is 2.16. The van der Waals surface area contributed by atoms with Crippen LogP contribution in [-0.4, -0.2) is 142 Å². The number of phenols is 1. The smallest absolute Gasteiger partial charge is 0.337 e. The molecular weight excluding hydrogens is 608 g/mol. The molecule has 1 aromatic rings. The van der Waals surface area contributed by atoms with Crippen molar-refractivity contribution in [1.29, 1.82) is 0 Å². The van der Waals surface area contributed by atoms with Crippen molar-refractivity contribution in [2.24, 2.45) is 0 Å². The van der Waals surface area contributed by atoms with Crippen molar-refractivity contribution >= 4 is 11.9 Å². The van der Waals surface area contributed by atoms with E-state index in [1.54, 1.807) is 6.92 Å². The number of methoxy groups -OCH3 is 1. The molecule has 14 heteroatoms. The number of carbonyl (C=O) groups excluding carboxylic acids is 2. The minimum atomic E-state index is -0.504. The van der Waals surface area contributed by atoms with Crippen LogP contribution in [0.15, 0.2) is 12.1 Å². The van der Waals surface area contributed by atoms with Gasteiger partial charge in [-0.1, -0.05) is 0 Å². The van der Waals surface area contributed by atoms with Crippen LogP contribution >= 0.6 is 0 Å². The lowest BCUT2D eigenvalue weighted by Gasteiger charge is -2.19. The molecule has 0 saturated carbocycles. The predicted octanol–water partition coefficient (Wildman–Crippen LogP) is 2.73. The standard InChI is InChI=1S/C32H54O14/c1-26-24-27(31(35)36-5)25-28(30(26)34)45-23-22-44-21-20-43-19-18-42-17-16-41-15-14-40-13-12-39-11-10-38-9-8-37-7-6-29(33)46-32(2,3)4/h24-25,34H,6-23H2,1-5H3. The Morgan fingerprint density at radius 3 is 1.35 bits per heavy atom. The molecule has 0 spiro atoms. The minimum absolute atomic E-state index is 0.0236. The molecule has 0 aliphatic heterocycles. The second kappa shape index (κ2) is 26.5. The molecule has 46 heavy (non-hydrogen) atoms. The molecule has 266 valence electrons. The second-order valence-corrected chi connectivity index (χ2v) is 10.7. The third-order valence-corrected chi connectivity index (χ3v) is 5.65. The van der Waals surface area contributed by atoms with Gasteiger partial charge in [0.1, 0.15) is 12.2 Å². The van der Waals surface area contributed by atoms with Gasteiger partial charge in [-0.05, 0) is 45.4 Å². The van der Waals surface area contributed by atoms with Gasteiger partial charge in [-0.15, -0.1) is 0 Å². The van der Waals surface area contributed by atoms with Crippen LogP contribution in [0.4, 0.5) is 0 Å². The van der Waals surface area contributed by atoms with Crippen molar-refractivity contribution < 1.29 is 66.8 Å². The fraction of sp³-hybridized carbons (Fsp3) is 0.750. The van der Waals surface area contributed by atoms with Gasteiger partial charge in [-0.2, -0.15) is 0 Å². The minimum Gasteiger partial charge on any atom is -0.504 e. The number of aryl methyl sites for hydroxylation is 1. The van der Waals surface area contributed by atoms with Gasteiger partial charge in [-0.25, -0.2) is 4.79 Å². The fourth-order valence-corrected chi connectivity index (χ4v) is 3.49. The maximum absolute atomic E-state index is 11.7. The number of carbonyl (C=O) groups is 2. The molecule has 0 fully saturated rings. The van der Waals surface area contributed by atoms with Gasteiger partial charge in [0, 0.05) is 0 Å². The Hall–Kier alpha value is -2.56. The Labute approximate surface area is 272 Å². The van der Waals surface area contributed by atoms with E-state index in [9.17, 15) is 14.7 Å². The van der Waals surface area contributed by atoms with E-state index in [1.165, 1.54) is 19.2 Å². The van der Waals surface area contributed by atoms with Crippen LogP contribution in [0.25, 0.3) is 0 Å². The topological polar surface area (TPSA) is 156 Å². The Kier molecular flexibility index (Phi) is 23.9. The molecule has 0 aliphatic carbocycles. The average Bonchev–Trinajstić information content (AvgIpc) is 3.01. The first-order valence-electron chi connectivity index (χ1n) is 15.5. The molecule has 1 aromatic carbocycles. The number of hydrogen-bond acceptors (Lipinski definition) is 14. The average molecular weight is 663 g/mol. The maximum Gasteiger partial charge on any atom is 0.337 e. The Morgan fingerprint density at radius 1 is 0.609 bits per heavy atom. The molecule has 0 aromatic heterocycles.